The van der Waals surface area contributed by atoms with Crippen molar-refractivity contribution >= 4 is 16.3 Å². The smallest absolute Gasteiger partial charge is 0.299 e. The molecule has 1 aliphatic heterocycles. The molecule has 3 nitrogen and oxygen atoms in total. The summed E-state index contributed by atoms with van der Waals surface area (Å²) in [5, 5.41) is 9.97. The Morgan fingerprint density at radius 3 is 2.54 bits per heavy atom. The van der Waals surface area contributed by atoms with Gasteiger partial charge in [-0.2, -0.15) is 23.4 Å². The fourth-order valence-electron chi connectivity index (χ4n) is 3.56. The Labute approximate surface area is 161 Å². The highest BCUT2D eigenvalue weighted by molar-refractivity contribution is 5.81. The zero-order chi connectivity index (χ0) is 19.6. The second-order valence-electron chi connectivity index (χ2n) is 7.06. The molecule has 0 bridgehead atoms. The van der Waals surface area contributed by atoms with Gasteiger partial charge in [-0.3, -0.25) is 4.90 Å². The monoisotopic (exact) mass is 383 g/mol. The molecule has 0 saturated carbocycles. The predicted octanol–water partition coefficient (Wildman–Crippen LogP) is 4.98. The highest BCUT2D eigenvalue weighted by Gasteiger charge is 2.30. The summed E-state index contributed by atoms with van der Waals surface area (Å²) >= 11 is 0. The molecule has 0 saturated heterocycles. The van der Waals surface area contributed by atoms with Gasteiger partial charge < -0.3 is 0 Å². The largest absolute Gasteiger partial charge is 0.416 e. The number of aromatic nitrogens is 2. The van der Waals surface area contributed by atoms with Crippen molar-refractivity contribution in [2.24, 2.45) is 0 Å². The quantitative estimate of drug-likeness (QED) is 0.636. The van der Waals surface area contributed by atoms with Crippen molar-refractivity contribution in [3.63, 3.8) is 0 Å². The molecule has 0 fully saturated rings. The van der Waals surface area contributed by atoms with E-state index in [2.05, 4.69) is 39.4 Å². The molecule has 0 radical (unpaired) electrons. The van der Waals surface area contributed by atoms with Crippen LogP contribution in [0.25, 0.3) is 16.3 Å². The van der Waals surface area contributed by atoms with Crippen LogP contribution in [0.3, 0.4) is 0 Å². The average molecular weight is 383 g/mol. The Kier molecular flexibility index (Phi) is 5.13. The number of benzene rings is 2. The SMILES string of the molecule is FC(F)(F)c1cccc(C2=CCN(CCc3ccc4cnncc4c3)CC2)c1. The first kappa shape index (κ1) is 18.6. The predicted molar refractivity (Wildman–Crippen MR) is 104 cm³/mol. The normalized spacial score (nSPS) is 15.6. The minimum absolute atomic E-state index is 0.589. The second-order valence-corrected chi connectivity index (χ2v) is 7.06. The van der Waals surface area contributed by atoms with Gasteiger partial charge in [0.05, 0.1) is 18.0 Å². The Morgan fingerprint density at radius 2 is 1.79 bits per heavy atom. The summed E-state index contributed by atoms with van der Waals surface area (Å²) in [6, 6.07) is 11.9. The van der Waals surface area contributed by atoms with Crippen LogP contribution in [0.15, 0.2) is 60.9 Å². The number of fused-ring (bicyclic) bond motifs is 1. The van der Waals surface area contributed by atoms with Gasteiger partial charge in [0.2, 0.25) is 0 Å². The third-order valence-corrected chi connectivity index (χ3v) is 5.18. The summed E-state index contributed by atoms with van der Waals surface area (Å²) in [5.74, 6) is 0. The molecular weight excluding hydrogens is 363 g/mol. The molecule has 1 aliphatic rings. The Hall–Kier alpha value is -2.73. The summed E-state index contributed by atoms with van der Waals surface area (Å²) in [7, 11) is 0. The molecule has 0 N–H and O–H groups in total. The molecule has 2 heterocycles. The third kappa shape index (κ3) is 4.22. The van der Waals surface area contributed by atoms with Gasteiger partial charge in [0.25, 0.3) is 0 Å². The Morgan fingerprint density at radius 1 is 0.964 bits per heavy atom. The summed E-state index contributed by atoms with van der Waals surface area (Å²) in [4.78, 5) is 2.33. The topological polar surface area (TPSA) is 29.0 Å². The summed E-state index contributed by atoms with van der Waals surface area (Å²) in [6.45, 7) is 2.52. The lowest BCUT2D eigenvalue weighted by molar-refractivity contribution is -0.137. The minimum Gasteiger partial charge on any atom is -0.299 e. The van der Waals surface area contributed by atoms with E-state index in [-0.39, 0.29) is 0 Å². The van der Waals surface area contributed by atoms with E-state index in [1.165, 1.54) is 17.7 Å². The molecule has 144 valence electrons. The third-order valence-electron chi connectivity index (χ3n) is 5.18. The minimum atomic E-state index is -4.30. The zero-order valence-electron chi connectivity index (χ0n) is 15.3. The van der Waals surface area contributed by atoms with Crippen LogP contribution in [0.2, 0.25) is 0 Å². The zero-order valence-corrected chi connectivity index (χ0v) is 15.3. The van der Waals surface area contributed by atoms with Crippen molar-refractivity contribution in [1.82, 2.24) is 15.1 Å². The number of hydrogen-bond acceptors (Lipinski definition) is 3. The molecule has 0 atom stereocenters. The first-order valence-electron chi connectivity index (χ1n) is 9.27. The van der Waals surface area contributed by atoms with Crippen molar-refractivity contribution in [1.29, 1.82) is 0 Å². The fourth-order valence-corrected chi connectivity index (χ4v) is 3.56. The molecule has 4 rings (SSSR count). The van der Waals surface area contributed by atoms with E-state index in [1.54, 1.807) is 18.5 Å². The van der Waals surface area contributed by atoms with E-state index >= 15 is 0 Å². The molecule has 6 heteroatoms. The molecule has 3 aromatic rings. The van der Waals surface area contributed by atoms with Crippen LogP contribution in [0.1, 0.15) is 23.1 Å². The van der Waals surface area contributed by atoms with Gasteiger partial charge in [0.1, 0.15) is 0 Å². The highest BCUT2D eigenvalue weighted by Crippen LogP contribution is 2.32. The summed E-state index contributed by atoms with van der Waals surface area (Å²) < 4.78 is 38.8. The van der Waals surface area contributed by atoms with Crippen molar-refractivity contribution in [2.45, 2.75) is 19.0 Å². The number of alkyl halides is 3. The van der Waals surface area contributed by atoms with E-state index in [4.69, 9.17) is 0 Å². The lowest BCUT2D eigenvalue weighted by Crippen LogP contribution is -2.30. The van der Waals surface area contributed by atoms with Crippen LogP contribution in [0, 0.1) is 0 Å². The maximum absolute atomic E-state index is 12.9. The van der Waals surface area contributed by atoms with Crippen LogP contribution in [-0.2, 0) is 12.6 Å². The first-order chi connectivity index (χ1) is 13.5. The van der Waals surface area contributed by atoms with E-state index in [1.807, 2.05) is 0 Å². The van der Waals surface area contributed by atoms with Gasteiger partial charge in [-0.15, -0.1) is 0 Å². The van der Waals surface area contributed by atoms with Crippen molar-refractivity contribution < 1.29 is 13.2 Å². The van der Waals surface area contributed by atoms with Gasteiger partial charge >= 0.3 is 6.18 Å². The molecule has 28 heavy (non-hydrogen) atoms. The van der Waals surface area contributed by atoms with E-state index < -0.39 is 11.7 Å². The molecule has 1 aromatic heterocycles. The average Bonchev–Trinajstić information content (AvgIpc) is 2.72. The molecule has 2 aromatic carbocycles. The van der Waals surface area contributed by atoms with Crippen LogP contribution < -0.4 is 0 Å². The maximum Gasteiger partial charge on any atom is 0.416 e. The fraction of sp³-hybridized carbons (Fsp3) is 0.273. The lowest BCUT2D eigenvalue weighted by atomic mass is 9.97. The van der Waals surface area contributed by atoms with Gasteiger partial charge in [-0.05, 0) is 47.7 Å². The number of halogens is 3. The van der Waals surface area contributed by atoms with Gasteiger partial charge in [0.15, 0.2) is 0 Å². The lowest BCUT2D eigenvalue weighted by Gasteiger charge is -2.26. The number of hydrogen-bond donors (Lipinski definition) is 0. The summed E-state index contributed by atoms with van der Waals surface area (Å²) in [5.41, 5.74) is 2.32. The number of nitrogens with zero attached hydrogens (tertiary/aromatic N) is 3. The summed E-state index contributed by atoms with van der Waals surface area (Å²) in [6.07, 6.45) is 2.95. The van der Waals surface area contributed by atoms with Crippen molar-refractivity contribution in [3.05, 3.63) is 77.6 Å². The van der Waals surface area contributed by atoms with Crippen LogP contribution in [0.4, 0.5) is 13.2 Å². The van der Waals surface area contributed by atoms with Crippen LogP contribution in [0.5, 0.6) is 0 Å². The second kappa shape index (κ2) is 7.72. The first-order valence-corrected chi connectivity index (χ1v) is 9.27. The number of rotatable bonds is 4. The van der Waals surface area contributed by atoms with Crippen molar-refractivity contribution in [2.75, 3.05) is 19.6 Å². The van der Waals surface area contributed by atoms with Crippen LogP contribution in [-0.4, -0.2) is 34.7 Å². The standard InChI is InChI=1S/C22H20F3N3/c23-22(24,25)21-3-1-2-18(13-21)17-7-10-28(11-8-17)9-6-16-4-5-19-14-26-27-15-20(19)12-16/h1-5,7,12-15H,6,8-11H2. The molecule has 0 amide bonds. The van der Waals surface area contributed by atoms with Crippen molar-refractivity contribution in [3.8, 4) is 0 Å². The Balaban J connectivity index is 1.38. The molecular formula is C22H20F3N3. The van der Waals surface area contributed by atoms with E-state index in [0.29, 0.717) is 5.56 Å². The molecule has 0 unspecified atom stereocenters. The van der Waals surface area contributed by atoms with Gasteiger partial charge in [0, 0.05) is 30.4 Å². The Bertz CT molecular complexity index is 1010. The molecule has 0 spiro atoms. The maximum atomic E-state index is 12.9. The van der Waals surface area contributed by atoms with E-state index in [0.717, 1.165) is 54.9 Å². The van der Waals surface area contributed by atoms with Gasteiger partial charge in [-0.25, -0.2) is 0 Å². The van der Waals surface area contributed by atoms with Crippen LogP contribution >= 0.6 is 0 Å². The molecule has 0 aliphatic carbocycles. The highest BCUT2D eigenvalue weighted by atomic mass is 19.4. The van der Waals surface area contributed by atoms with Gasteiger partial charge in [-0.1, -0.05) is 30.3 Å². The van der Waals surface area contributed by atoms with E-state index in [9.17, 15) is 13.2 Å².